The van der Waals surface area contributed by atoms with E-state index in [0.29, 0.717) is 18.9 Å². The number of guanidine groups is 1. The minimum Gasteiger partial charge on any atom is -0.353 e. The molecule has 182 valence electrons. The summed E-state index contributed by atoms with van der Waals surface area (Å²) in [7, 11) is 1.64. The Hall–Kier alpha value is -2.60. The van der Waals surface area contributed by atoms with Crippen molar-refractivity contribution in [2.45, 2.75) is 57.6 Å². The molecule has 12 heteroatoms. The Morgan fingerprint density at radius 1 is 1.24 bits per heavy atom. The highest BCUT2D eigenvalue weighted by Gasteiger charge is 2.17. The molecule has 3 heterocycles. The van der Waals surface area contributed by atoms with Crippen LogP contribution in [-0.2, 0) is 17.1 Å². The Bertz CT molecular complexity index is 1010. The predicted molar refractivity (Wildman–Crippen MR) is 136 cm³/mol. The van der Waals surface area contributed by atoms with Gasteiger partial charge in [-0.1, -0.05) is 18.7 Å². The standard InChI is InChI=1S/C8H12N2OS2.C7H10N2O.C6H11N3O/c1-3-13-8-9-6(5-12-2)4-7(11)10-8;1-3-9-7(10)5-4-6(2)8-9;1-4-3-5(10)9-6(7-2)8-4/h4H,3,5H2,1-2H3,(H,9,10,11);4-5H,3H2,1-2H3;4H,3H2,1-2H3,(H2,7,8,9,10). The van der Waals surface area contributed by atoms with Crippen LogP contribution in [0.1, 0.15) is 38.6 Å². The first-order chi connectivity index (χ1) is 15.7. The van der Waals surface area contributed by atoms with Gasteiger partial charge in [0.2, 0.25) is 5.91 Å². The van der Waals surface area contributed by atoms with Crippen molar-refractivity contribution < 1.29 is 4.79 Å². The summed E-state index contributed by atoms with van der Waals surface area (Å²) in [4.78, 5) is 43.7. The molecule has 1 aliphatic heterocycles. The van der Waals surface area contributed by atoms with Crippen LogP contribution < -0.4 is 21.8 Å². The molecule has 0 radical (unpaired) electrons. The van der Waals surface area contributed by atoms with E-state index >= 15 is 0 Å². The number of thioether (sulfide) groups is 2. The van der Waals surface area contributed by atoms with Crippen LogP contribution in [0.4, 0.5) is 0 Å². The summed E-state index contributed by atoms with van der Waals surface area (Å²) in [6.45, 7) is 8.38. The zero-order chi connectivity index (χ0) is 24.8. The summed E-state index contributed by atoms with van der Waals surface area (Å²) < 4.78 is 1.44. The number of aromatic nitrogens is 4. The number of H-pyrrole nitrogens is 1. The molecule has 2 aromatic heterocycles. The predicted octanol–water partition coefficient (Wildman–Crippen LogP) is 1.79. The third-order valence-electron chi connectivity index (χ3n) is 4.00. The van der Waals surface area contributed by atoms with Gasteiger partial charge in [-0.2, -0.15) is 16.9 Å². The fourth-order valence-electron chi connectivity index (χ4n) is 2.59. The minimum atomic E-state index is -0.0602. The van der Waals surface area contributed by atoms with E-state index < -0.39 is 0 Å². The van der Waals surface area contributed by atoms with Crippen LogP contribution in [0.15, 0.2) is 37.9 Å². The molecule has 0 saturated carbocycles. The molecule has 1 amide bonds. The van der Waals surface area contributed by atoms with Gasteiger partial charge >= 0.3 is 0 Å². The number of hydrogen-bond donors (Lipinski definition) is 3. The van der Waals surface area contributed by atoms with Gasteiger partial charge in [0, 0.05) is 43.9 Å². The van der Waals surface area contributed by atoms with Crippen LogP contribution in [0.25, 0.3) is 0 Å². The Labute approximate surface area is 202 Å². The van der Waals surface area contributed by atoms with E-state index in [0.717, 1.165) is 28.0 Å². The van der Waals surface area contributed by atoms with Crippen LogP contribution in [0, 0.1) is 6.92 Å². The summed E-state index contributed by atoms with van der Waals surface area (Å²) in [5, 5.41) is 10.3. The number of nitrogens with one attached hydrogen (secondary N) is 3. The molecule has 1 saturated heterocycles. The number of rotatable bonds is 5. The molecule has 1 aliphatic rings. The highest BCUT2D eigenvalue weighted by molar-refractivity contribution is 7.99. The largest absolute Gasteiger partial charge is 0.353 e. The van der Waals surface area contributed by atoms with Crippen molar-refractivity contribution in [3.8, 4) is 0 Å². The Morgan fingerprint density at radius 2 is 1.97 bits per heavy atom. The fraction of sp³-hybridized carbons (Fsp3) is 0.524. The third kappa shape index (κ3) is 11.2. The molecule has 1 fully saturated rings. The van der Waals surface area contributed by atoms with Crippen LogP contribution in [0.3, 0.4) is 0 Å². The van der Waals surface area contributed by atoms with E-state index in [1.165, 1.54) is 10.7 Å². The fourth-order valence-corrected chi connectivity index (χ4v) is 3.66. The molecule has 2 aromatic rings. The lowest BCUT2D eigenvalue weighted by Crippen LogP contribution is -2.51. The smallest absolute Gasteiger partial charge is 0.266 e. The van der Waals surface area contributed by atoms with Crippen molar-refractivity contribution in [3.63, 3.8) is 0 Å². The number of hydrogen-bond acceptors (Lipinski definition) is 8. The van der Waals surface area contributed by atoms with Crippen molar-refractivity contribution in [3.05, 3.63) is 50.3 Å². The number of carbonyl (C=O) groups excluding carboxylic acids is 1. The zero-order valence-electron chi connectivity index (χ0n) is 20.0. The second kappa shape index (κ2) is 15.3. The molecule has 1 unspecified atom stereocenters. The van der Waals surface area contributed by atoms with Crippen LogP contribution >= 0.6 is 23.5 Å². The summed E-state index contributed by atoms with van der Waals surface area (Å²) in [6.07, 6.45) is 2.52. The minimum absolute atomic E-state index is 0.0341. The van der Waals surface area contributed by atoms with Crippen molar-refractivity contribution in [2.24, 2.45) is 4.99 Å². The van der Waals surface area contributed by atoms with Crippen molar-refractivity contribution in [1.29, 1.82) is 0 Å². The molecule has 1 atom stereocenters. The zero-order valence-corrected chi connectivity index (χ0v) is 21.6. The average molecular weight is 496 g/mol. The third-order valence-corrected chi connectivity index (χ3v) is 5.34. The maximum Gasteiger partial charge on any atom is 0.266 e. The van der Waals surface area contributed by atoms with E-state index in [2.05, 4.69) is 30.7 Å². The Kier molecular flexibility index (Phi) is 13.2. The topological polar surface area (TPSA) is 134 Å². The van der Waals surface area contributed by atoms with Crippen LogP contribution in [-0.4, -0.2) is 56.7 Å². The van der Waals surface area contributed by atoms with Gasteiger partial charge in [0.15, 0.2) is 11.1 Å². The van der Waals surface area contributed by atoms with Gasteiger partial charge in [-0.15, -0.1) is 0 Å². The quantitative estimate of drug-likeness (QED) is 0.422. The van der Waals surface area contributed by atoms with E-state index in [1.807, 2.05) is 34.0 Å². The Balaban J connectivity index is 0.000000251. The lowest BCUT2D eigenvalue weighted by Gasteiger charge is -2.21. The number of nitrogens with zero attached hydrogens (tertiary/aromatic N) is 4. The first kappa shape index (κ1) is 28.4. The van der Waals surface area contributed by atoms with Gasteiger partial charge in [-0.05, 0) is 38.8 Å². The van der Waals surface area contributed by atoms with Gasteiger partial charge in [0.05, 0.1) is 11.4 Å². The highest BCUT2D eigenvalue weighted by Crippen LogP contribution is 2.12. The summed E-state index contributed by atoms with van der Waals surface area (Å²) in [5.41, 5.74) is 1.64. The van der Waals surface area contributed by atoms with Gasteiger partial charge in [-0.25, -0.2) is 9.67 Å². The molecule has 0 aromatic carbocycles. The van der Waals surface area contributed by atoms with Gasteiger partial charge < -0.3 is 10.3 Å². The first-order valence-electron chi connectivity index (χ1n) is 10.5. The number of amides is 1. The molecule has 0 bridgehead atoms. The molecular weight excluding hydrogens is 462 g/mol. The van der Waals surface area contributed by atoms with E-state index in [9.17, 15) is 14.4 Å². The van der Waals surface area contributed by atoms with Crippen molar-refractivity contribution in [1.82, 2.24) is 30.4 Å². The van der Waals surface area contributed by atoms with Crippen molar-refractivity contribution >= 4 is 35.4 Å². The average Bonchev–Trinajstić information content (AvgIpc) is 2.76. The normalized spacial score (nSPS) is 16.0. The number of carbonyl (C=O) groups is 1. The monoisotopic (exact) mass is 495 g/mol. The van der Waals surface area contributed by atoms with E-state index in [1.54, 1.807) is 42.7 Å². The van der Waals surface area contributed by atoms with E-state index in [-0.39, 0.29) is 23.1 Å². The number of aromatic amines is 1. The van der Waals surface area contributed by atoms with Gasteiger partial charge in [0.25, 0.3) is 11.1 Å². The molecule has 10 nitrogen and oxygen atoms in total. The second-order valence-electron chi connectivity index (χ2n) is 6.91. The molecule has 33 heavy (non-hydrogen) atoms. The number of aliphatic imine (C=N–C) groups is 1. The molecule has 3 N–H and O–H groups in total. The van der Waals surface area contributed by atoms with Gasteiger partial charge in [-0.3, -0.25) is 24.7 Å². The van der Waals surface area contributed by atoms with Crippen LogP contribution in [0.2, 0.25) is 0 Å². The lowest BCUT2D eigenvalue weighted by molar-refractivity contribution is -0.120. The summed E-state index contributed by atoms with van der Waals surface area (Å²) in [6, 6.07) is 5.00. The molecule has 0 spiro atoms. The molecule has 3 rings (SSSR count). The van der Waals surface area contributed by atoms with Gasteiger partial charge in [0.1, 0.15) is 0 Å². The summed E-state index contributed by atoms with van der Waals surface area (Å²) in [5.74, 6) is 2.32. The highest BCUT2D eigenvalue weighted by atomic mass is 32.2. The maximum atomic E-state index is 11.1. The SMILES string of the molecule is CCSc1nc(CSC)cc(=O)[nH]1.CCn1nc(C)ccc1=O.CN=C1NC(=O)CC(C)N1. The first-order valence-corrected chi connectivity index (χ1v) is 12.9. The van der Waals surface area contributed by atoms with E-state index in [4.69, 9.17) is 0 Å². The summed E-state index contributed by atoms with van der Waals surface area (Å²) >= 11 is 3.22. The number of aryl methyl sites for hydroxylation is 2. The van der Waals surface area contributed by atoms with Crippen LogP contribution in [0.5, 0.6) is 0 Å². The Morgan fingerprint density at radius 3 is 2.52 bits per heavy atom. The lowest BCUT2D eigenvalue weighted by atomic mass is 10.2. The maximum absolute atomic E-state index is 11.1. The second-order valence-corrected chi connectivity index (χ2v) is 9.03. The molecule has 0 aliphatic carbocycles. The molecular formula is C21H33N7O3S2. The van der Waals surface area contributed by atoms with Crippen molar-refractivity contribution in [2.75, 3.05) is 19.1 Å².